The highest BCUT2D eigenvalue weighted by molar-refractivity contribution is 4.88. The van der Waals surface area contributed by atoms with Crippen LogP contribution in [0.15, 0.2) is 0 Å². The summed E-state index contributed by atoms with van der Waals surface area (Å²) in [6.07, 6.45) is 3.68. The molecule has 3 unspecified atom stereocenters. The molecule has 96 valence electrons. The summed E-state index contributed by atoms with van der Waals surface area (Å²) in [6, 6.07) is 0. The van der Waals surface area contributed by atoms with E-state index < -0.39 is 0 Å². The van der Waals surface area contributed by atoms with E-state index in [4.69, 9.17) is 0 Å². The van der Waals surface area contributed by atoms with Crippen LogP contribution in [0.3, 0.4) is 0 Å². The van der Waals surface area contributed by atoms with Crippen molar-refractivity contribution in [1.82, 2.24) is 20.2 Å². The number of nitrogens with zero attached hydrogens (tertiary/aromatic N) is 4. The Bertz CT molecular complexity index is 363. The molecule has 1 aliphatic rings. The van der Waals surface area contributed by atoms with E-state index in [1.54, 1.807) is 7.05 Å². The molecule has 5 nitrogen and oxygen atoms in total. The zero-order valence-electron chi connectivity index (χ0n) is 10.9. The van der Waals surface area contributed by atoms with Crippen molar-refractivity contribution in [2.45, 2.75) is 45.6 Å². The van der Waals surface area contributed by atoms with Crippen LogP contribution in [-0.2, 0) is 13.5 Å². The van der Waals surface area contributed by atoms with Crippen LogP contribution >= 0.6 is 0 Å². The molecule has 2 rings (SSSR count). The highest BCUT2D eigenvalue weighted by Gasteiger charge is 2.31. The highest BCUT2D eigenvalue weighted by atomic mass is 16.3. The predicted octanol–water partition coefficient (Wildman–Crippen LogP) is 1.19. The largest absolute Gasteiger partial charge is 0.393 e. The maximum atomic E-state index is 10.1. The van der Waals surface area contributed by atoms with E-state index in [1.807, 2.05) is 0 Å². The maximum absolute atomic E-state index is 10.1. The summed E-state index contributed by atoms with van der Waals surface area (Å²) in [7, 11) is 1.77. The SMILES string of the molecule is CC(C)C1CCC(O)C(Cc2nnn(C)n2)C1. The summed E-state index contributed by atoms with van der Waals surface area (Å²) in [5.74, 6) is 2.46. The van der Waals surface area contributed by atoms with Gasteiger partial charge in [0, 0.05) is 6.42 Å². The Kier molecular flexibility index (Phi) is 3.76. The van der Waals surface area contributed by atoms with Gasteiger partial charge in [-0.3, -0.25) is 0 Å². The normalized spacial score (nSPS) is 29.8. The average Bonchev–Trinajstić information content (AvgIpc) is 2.67. The van der Waals surface area contributed by atoms with E-state index >= 15 is 0 Å². The van der Waals surface area contributed by atoms with Crippen LogP contribution in [0.2, 0.25) is 0 Å². The molecule has 3 atom stereocenters. The first-order valence-corrected chi connectivity index (χ1v) is 6.47. The predicted molar refractivity (Wildman–Crippen MR) is 64.2 cm³/mol. The van der Waals surface area contributed by atoms with Crippen LogP contribution < -0.4 is 0 Å². The molecular weight excluding hydrogens is 216 g/mol. The van der Waals surface area contributed by atoms with Gasteiger partial charge in [-0.15, -0.1) is 10.2 Å². The van der Waals surface area contributed by atoms with Crippen molar-refractivity contribution in [3.05, 3.63) is 5.82 Å². The molecule has 1 N–H and O–H groups in total. The van der Waals surface area contributed by atoms with Crippen molar-refractivity contribution in [3.8, 4) is 0 Å². The van der Waals surface area contributed by atoms with E-state index in [0.29, 0.717) is 11.8 Å². The Morgan fingerprint density at radius 1 is 1.41 bits per heavy atom. The van der Waals surface area contributed by atoms with Crippen LogP contribution in [0.5, 0.6) is 0 Å². The van der Waals surface area contributed by atoms with E-state index in [9.17, 15) is 5.11 Å². The molecule has 5 heteroatoms. The minimum atomic E-state index is -0.200. The number of hydrogen-bond donors (Lipinski definition) is 1. The van der Waals surface area contributed by atoms with Crippen molar-refractivity contribution in [2.24, 2.45) is 24.8 Å². The molecule has 0 radical (unpaired) electrons. The number of tetrazole rings is 1. The highest BCUT2D eigenvalue weighted by Crippen LogP contribution is 2.35. The minimum absolute atomic E-state index is 0.200. The van der Waals surface area contributed by atoms with E-state index in [-0.39, 0.29) is 6.10 Å². The van der Waals surface area contributed by atoms with E-state index in [0.717, 1.165) is 37.4 Å². The van der Waals surface area contributed by atoms with Gasteiger partial charge in [0.05, 0.1) is 13.2 Å². The summed E-state index contributed by atoms with van der Waals surface area (Å²) in [6.45, 7) is 4.53. The quantitative estimate of drug-likeness (QED) is 0.859. The standard InChI is InChI=1S/C12H22N4O/c1-8(2)9-4-5-11(17)10(6-9)7-12-13-15-16(3)14-12/h8-11,17H,4-7H2,1-3H3. The summed E-state index contributed by atoms with van der Waals surface area (Å²) in [5.41, 5.74) is 0. The molecule has 0 amide bonds. The molecule has 1 aromatic heterocycles. The fraction of sp³-hybridized carbons (Fsp3) is 0.917. The zero-order valence-corrected chi connectivity index (χ0v) is 10.9. The summed E-state index contributed by atoms with van der Waals surface area (Å²) >= 11 is 0. The Morgan fingerprint density at radius 2 is 2.18 bits per heavy atom. The molecule has 0 saturated heterocycles. The lowest BCUT2D eigenvalue weighted by atomic mass is 9.73. The van der Waals surface area contributed by atoms with Gasteiger partial charge in [-0.2, -0.15) is 4.80 Å². The van der Waals surface area contributed by atoms with E-state index in [1.165, 1.54) is 4.80 Å². The average molecular weight is 238 g/mol. The Morgan fingerprint density at radius 3 is 2.76 bits per heavy atom. The first-order chi connectivity index (χ1) is 8.06. The van der Waals surface area contributed by atoms with Gasteiger partial charge in [0.2, 0.25) is 0 Å². The monoisotopic (exact) mass is 238 g/mol. The van der Waals surface area contributed by atoms with Gasteiger partial charge in [-0.25, -0.2) is 0 Å². The third kappa shape index (κ3) is 3.03. The molecule has 1 aliphatic carbocycles. The van der Waals surface area contributed by atoms with Gasteiger partial charge in [-0.05, 0) is 42.2 Å². The fourth-order valence-electron chi connectivity index (χ4n) is 2.75. The van der Waals surface area contributed by atoms with Crippen molar-refractivity contribution in [1.29, 1.82) is 0 Å². The molecule has 17 heavy (non-hydrogen) atoms. The summed E-state index contributed by atoms with van der Waals surface area (Å²) < 4.78 is 0. The maximum Gasteiger partial charge on any atom is 0.175 e. The van der Waals surface area contributed by atoms with Crippen molar-refractivity contribution in [3.63, 3.8) is 0 Å². The lowest BCUT2D eigenvalue weighted by Gasteiger charge is -2.34. The lowest BCUT2D eigenvalue weighted by molar-refractivity contribution is 0.0369. The Balaban J connectivity index is 1.98. The number of hydrogen-bond acceptors (Lipinski definition) is 4. The number of aryl methyl sites for hydroxylation is 1. The smallest absolute Gasteiger partial charge is 0.175 e. The van der Waals surface area contributed by atoms with Crippen LogP contribution in [0.1, 0.15) is 38.9 Å². The second kappa shape index (κ2) is 5.12. The van der Waals surface area contributed by atoms with E-state index in [2.05, 4.69) is 29.3 Å². The summed E-state index contributed by atoms with van der Waals surface area (Å²) in [4.78, 5) is 1.48. The van der Waals surface area contributed by atoms with Crippen molar-refractivity contribution >= 4 is 0 Å². The van der Waals surface area contributed by atoms with Gasteiger partial charge in [0.1, 0.15) is 0 Å². The topological polar surface area (TPSA) is 63.8 Å². The molecule has 1 aromatic rings. The lowest BCUT2D eigenvalue weighted by Crippen LogP contribution is -2.32. The molecule has 1 saturated carbocycles. The number of aliphatic hydroxyl groups excluding tert-OH is 1. The van der Waals surface area contributed by atoms with Crippen LogP contribution in [-0.4, -0.2) is 31.4 Å². The molecule has 1 fully saturated rings. The third-order valence-electron chi connectivity index (χ3n) is 3.92. The summed E-state index contributed by atoms with van der Waals surface area (Å²) in [5, 5.41) is 22.1. The Hall–Kier alpha value is -0.970. The molecule has 0 aromatic carbocycles. The van der Waals surface area contributed by atoms with Gasteiger partial charge >= 0.3 is 0 Å². The second-order valence-electron chi connectivity index (χ2n) is 5.54. The first kappa shape index (κ1) is 12.5. The molecule has 0 bridgehead atoms. The minimum Gasteiger partial charge on any atom is -0.393 e. The van der Waals surface area contributed by atoms with Crippen LogP contribution in [0.4, 0.5) is 0 Å². The molecule has 1 heterocycles. The van der Waals surface area contributed by atoms with Crippen LogP contribution in [0, 0.1) is 17.8 Å². The van der Waals surface area contributed by atoms with Gasteiger partial charge in [0.25, 0.3) is 0 Å². The number of aromatic nitrogens is 4. The number of rotatable bonds is 3. The van der Waals surface area contributed by atoms with Gasteiger partial charge in [-0.1, -0.05) is 13.8 Å². The molecule has 0 aliphatic heterocycles. The molecular formula is C12H22N4O. The van der Waals surface area contributed by atoms with Gasteiger partial charge in [0.15, 0.2) is 5.82 Å². The first-order valence-electron chi connectivity index (χ1n) is 6.47. The van der Waals surface area contributed by atoms with Gasteiger partial charge < -0.3 is 5.11 Å². The molecule has 0 spiro atoms. The second-order valence-corrected chi connectivity index (χ2v) is 5.54. The zero-order chi connectivity index (χ0) is 12.4. The Labute approximate surface area is 102 Å². The van der Waals surface area contributed by atoms with Crippen molar-refractivity contribution < 1.29 is 5.11 Å². The van der Waals surface area contributed by atoms with Crippen molar-refractivity contribution in [2.75, 3.05) is 0 Å². The number of aliphatic hydroxyl groups is 1. The third-order valence-corrected chi connectivity index (χ3v) is 3.92. The van der Waals surface area contributed by atoms with Crippen LogP contribution in [0.25, 0.3) is 0 Å². The fourth-order valence-corrected chi connectivity index (χ4v) is 2.75.